The Labute approximate surface area is 199 Å². The highest BCUT2D eigenvalue weighted by Crippen LogP contribution is 2.33. The Morgan fingerprint density at radius 2 is 1.63 bits per heavy atom. The quantitative estimate of drug-likeness (QED) is 0.591. The normalized spacial score (nSPS) is 18.7. The van der Waals surface area contributed by atoms with Gasteiger partial charge in [-0.2, -0.15) is 22.6 Å². The van der Waals surface area contributed by atoms with Gasteiger partial charge >= 0.3 is 6.18 Å². The summed E-state index contributed by atoms with van der Waals surface area (Å²) in [6.45, 7) is 0.394. The molecule has 3 aromatic rings. The Kier molecular flexibility index (Phi) is 5.67. The van der Waals surface area contributed by atoms with Crippen LogP contribution in [0.1, 0.15) is 24.2 Å². The first-order valence-corrected chi connectivity index (χ1v) is 12.5. The fourth-order valence-corrected chi connectivity index (χ4v) is 6.04. The number of nitrogens with one attached hydrogen (secondary N) is 1. The van der Waals surface area contributed by atoms with Crippen molar-refractivity contribution in [2.45, 2.75) is 42.4 Å². The molecule has 1 fully saturated rings. The zero-order valence-electron chi connectivity index (χ0n) is 18.5. The van der Waals surface area contributed by atoms with E-state index in [0.29, 0.717) is 30.7 Å². The number of benzene rings is 2. The number of alkyl halides is 3. The predicted octanol–water partition coefficient (Wildman–Crippen LogP) is 2.86. The predicted molar refractivity (Wildman–Crippen MR) is 119 cm³/mol. The summed E-state index contributed by atoms with van der Waals surface area (Å²) in [4.78, 5) is 17.4. The Balaban J connectivity index is 1.36. The summed E-state index contributed by atoms with van der Waals surface area (Å²) in [5.74, 6) is 0.493. The highest BCUT2D eigenvalue weighted by molar-refractivity contribution is 7.89. The van der Waals surface area contributed by atoms with E-state index in [1.807, 2.05) is 0 Å². The van der Waals surface area contributed by atoms with Gasteiger partial charge in [-0.25, -0.2) is 18.1 Å². The van der Waals surface area contributed by atoms with Gasteiger partial charge < -0.3 is 5.32 Å². The monoisotopic (exact) mass is 505 g/mol. The van der Waals surface area contributed by atoms with Crippen LogP contribution in [0.4, 0.5) is 13.2 Å². The van der Waals surface area contributed by atoms with Crippen LogP contribution in [0.25, 0.3) is 11.4 Å². The fourth-order valence-electron chi connectivity index (χ4n) is 4.58. The average Bonchev–Trinajstić information content (AvgIpc) is 3.15. The number of rotatable bonds is 3. The second-order valence-electron chi connectivity index (χ2n) is 8.81. The molecule has 1 N–H and O–H groups in total. The topological polar surface area (TPSA) is 97.2 Å². The number of hydrogen-bond donors (Lipinski definition) is 1. The standard InChI is InChI=1S/C23H22F3N5O3S/c24-23(25,26)17-8-6-16(7-9-17)21-27-19-14-22(28-20(32)15-31(19)29-21)10-12-30(13-11-22)35(33,34)18-4-2-1-3-5-18/h1-9H,10-15H2,(H,28,32). The first kappa shape index (κ1) is 23.5. The smallest absolute Gasteiger partial charge is 0.349 e. The molecule has 12 heteroatoms. The minimum Gasteiger partial charge on any atom is -0.349 e. The second-order valence-corrected chi connectivity index (χ2v) is 10.7. The number of nitrogens with zero attached hydrogens (tertiary/aromatic N) is 4. The molecular weight excluding hydrogens is 483 g/mol. The zero-order chi connectivity index (χ0) is 24.8. The summed E-state index contributed by atoms with van der Waals surface area (Å²) in [5, 5.41) is 7.39. The maximum absolute atomic E-state index is 13.0. The molecule has 184 valence electrons. The maximum atomic E-state index is 13.0. The summed E-state index contributed by atoms with van der Waals surface area (Å²) in [6, 6.07) is 12.8. The van der Waals surface area contributed by atoms with Crippen LogP contribution in [0.15, 0.2) is 59.5 Å². The molecule has 1 saturated heterocycles. The molecule has 0 unspecified atom stereocenters. The lowest BCUT2D eigenvalue weighted by Gasteiger charge is -2.40. The van der Waals surface area contributed by atoms with Crippen molar-refractivity contribution >= 4 is 15.9 Å². The van der Waals surface area contributed by atoms with E-state index in [9.17, 15) is 26.4 Å². The molecule has 35 heavy (non-hydrogen) atoms. The van der Waals surface area contributed by atoms with E-state index < -0.39 is 27.3 Å². The van der Waals surface area contributed by atoms with Crippen LogP contribution in [0.5, 0.6) is 0 Å². The summed E-state index contributed by atoms with van der Waals surface area (Å²) in [5.41, 5.74) is -1.03. The van der Waals surface area contributed by atoms with Gasteiger partial charge in [-0.05, 0) is 37.1 Å². The van der Waals surface area contributed by atoms with Gasteiger partial charge in [0.05, 0.1) is 10.5 Å². The van der Waals surface area contributed by atoms with Crippen molar-refractivity contribution in [3.8, 4) is 11.4 Å². The van der Waals surface area contributed by atoms with Gasteiger partial charge in [-0.15, -0.1) is 0 Å². The number of piperidine rings is 1. The molecule has 0 aliphatic carbocycles. The van der Waals surface area contributed by atoms with E-state index in [4.69, 9.17) is 0 Å². The molecule has 0 bridgehead atoms. The molecule has 2 aromatic carbocycles. The Bertz CT molecular complexity index is 1350. The van der Waals surface area contributed by atoms with Crippen molar-refractivity contribution in [3.63, 3.8) is 0 Å². The summed E-state index contributed by atoms with van der Waals surface area (Å²) < 4.78 is 67.5. The molecule has 1 aromatic heterocycles. The van der Waals surface area contributed by atoms with E-state index in [-0.39, 0.29) is 36.3 Å². The highest BCUT2D eigenvalue weighted by atomic mass is 32.2. The lowest BCUT2D eigenvalue weighted by Crippen LogP contribution is -2.56. The SMILES string of the molecule is O=C1Cn2nc(-c3ccc(C(F)(F)F)cc3)nc2CC2(CCN(S(=O)(=O)c3ccccc3)CC2)N1. The van der Waals surface area contributed by atoms with E-state index in [2.05, 4.69) is 15.4 Å². The van der Waals surface area contributed by atoms with Gasteiger partial charge in [0.2, 0.25) is 15.9 Å². The molecule has 2 aliphatic heterocycles. The molecule has 0 atom stereocenters. The molecule has 5 rings (SSSR count). The number of halogens is 3. The van der Waals surface area contributed by atoms with E-state index >= 15 is 0 Å². The minimum atomic E-state index is -4.44. The molecule has 8 nitrogen and oxygen atoms in total. The van der Waals surface area contributed by atoms with Crippen molar-refractivity contribution in [2.24, 2.45) is 0 Å². The van der Waals surface area contributed by atoms with E-state index in [0.717, 1.165) is 12.1 Å². The Morgan fingerprint density at radius 3 is 2.26 bits per heavy atom. The van der Waals surface area contributed by atoms with Crippen molar-refractivity contribution in [1.29, 1.82) is 0 Å². The Morgan fingerprint density at radius 1 is 0.971 bits per heavy atom. The third-order valence-electron chi connectivity index (χ3n) is 6.47. The van der Waals surface area contributed by atoms with Gasteiger partial charge in [0, 0.05) is 30.6 Å². The third-order valence-corrected chi connectivity index (χ3v) is 8.39. The molecular formula is C23H22F3N5O3S. The van der Waals surface area contributed by atoms with Crippen molar-refractivity contribution in [3.05, 3.63) is 66.0 Å². The van der Waals surface area contributed by atoms with Crippen molar-refractivity contribution < 1.29 is 26.4 Å². The zero-order valence-corrected chi connectivity index (χ0v) is 19.3. The van der Waals surface area contributed by atoms with Crippen molar-refractivity contribution in [1.82, 2.24) is 24.4 Å². The first-order valence-electron chi connectivity index (χ1n) is 11.0. The van der Waals surface area contributed by atoms with Crippen LogP contribution < -0.4 is 5.32 Å². The lowest BCUT2D eigenvalue weighted by molar-refractivity contribution is -0.137. The average molecular weight is 506 g/mol. The van der Waals surface area contributed by atoms with Crippen molar-refractivity contribution in [2.75, 3.05) is 13.1 Å². The number of carbonyl (C=O) groups is 1. The van der Waals surface area contributed by atoms with Gasteiger partial charge in [0.25, 0.3) is 0 Å². The van der Waals surface area contributed by atoms with Crippen LogP contribution in [-0.2, 0) is 34.0 Å². The van der Waals surface area contributed by atoms with Crippen LogP contribution in [0.2, 0.25) is 0 Å². The number of carbonyl (C=O) groups excluding carboxylic acids is 1. The van der Waals surface area contributed by atoms with E-state index in [1.165, 1.54) is 21.1 Å². The van der Waals surface area contributed by atoms with Gasteiger partial charge in [0.1, 0.15) is 12.4 Å². The second kappa shape index (κ2) is 8.45. The molecule has 0 saturated carbocycles. The third kappa shape index (κ3) is 4.55. The van der Waals surface area contributed by atoms with E-state index in [1.54, 1.807) is 30.3 Å². The number of amides is 1. The van der Waals surface area contributed by atoms with Crippen LogP contribution in [0, 0.1) is 0 Å². The summed E-state index contributed by atoms with van der Waals surface area (Å²) in [7, 11) is -3.64. The molecule has 2 aliphatic rings. The molecule has 1 amide bonds. The minimum absolute atomic E-state index is 0.0727. The summed E-state index contributed by atoms with van der Waals surface area (Å²) >= 11 is 0. The number of sulfonamides is 1. The molecule has 1 spiro atoms. The van der Waals surface area contributed by atoms with Gasteiger partial charge in [0.15, 0.2) is 5.82 Å². The molecule has 0 radical (unpaired) electrons. The summed E-state index contributed by atoms with van der Waals surface area (Å²) in [6.07, 6.45) is -3.31. The van der Waals surface area contributed by atoms with Crippen LogP contribution in [0.3, 0.4) is 0 Å². The van der Waals surface area contributed by atoms with Gasteiger partial charge in [-0.3, -0.25) is 4.79 Å². The largest absolute Gasteiger partial charge is 0.416 e. The number of fused-ring (bicyclic) bond motifs is 1. The van der Waals surface area contributed by atoms with Crippen LogP contribution in [-0.4, -0.2) is 52.0 Å². The fraction of sp³-hybridized carbons (Fsp3) is 0.348. The lowest BCUT2D eigenvalue weighted by atomic mass is 9.85. The van der Waals surface area contributed by atoms with Gasteiger partial charge in [-0.1, -0.05) is 30.3 Å². The van der Waals surface area contributed by atoms with Crippen LogP contribution >= 0.6 is 0 Å². The highest BCUT2D eigenvalue weighted by Gasteiger charge is 2.42. The Hall–Kier alpha value is -3.25. The number of hydrogen-bond acceptors (Lipinski definition) is 5. The number of aromatic nitrogens is 3. The maximum Gasteiger partial charge on any atom is 0.416 e. The molecule has 3 heterocycles. The first-order chi connectivity index (χ1) is 16.6.